The average Bonchev–Trinajstić information content (AvgIpc) is 3.20. The lowest BCUT2D eigenvalue weighted by atomic mass is 9.90. The van der Waals surface area contributed by atoms with E-state index in [0.717, 1.165) is 26.9 Å². The number of carbonyl (C=O) groups is 1. The van der Waals surface area contributed by atoms with Crippen LogP contribution in [-0.2, 0) is 11.2 Å². The van der Waals surface area contributed by atoms with Crippen molar-refractivity contribution in [1.82, 2.24) is 10.3 Å². The Hall–Kier alpha value is -3.05. The van der Waals surface area contributed by atoms with Crippen LogP contribution in [0.2, 0.25) is 0 Å². The first kappa shape index (κ1) is 20.2. The molecule has 0 saturated carbocycles. The predicted molar refractivity (Wildman–Crippen MR) is 124 cm³/mol. The Bertz CT molecular complexity index is 1130. The van der Waals surface area contributed by atoms with Gasteiger partial charge in [0.15, 0.2) is 0 Å². The highest BCUT2D eigenvalue weighted by Gasteiger charge is 2.19. The van der Waals surface area contributed by atoms with E-state index in [9.17, 15) is 4.79 Å². The van der Waals surface area contributed by atoms with Gasteiger partial charge in [-0.15, -0.1) is 0 Å². The van der Waals surface area contributed by atoms with Crippen molar-refractivity contribution < 1.29 is 9.53 Å². The number of methoxy groups -OCH3 is 1. The third kappa shape index (κ3) is 4.57. The minimum Gasteiger partial charge on any atom is -0.497 e. The van der Waals surface area contributed by atoms with E-state index in [2.05, 4.69) is 50.5 Å². The molecule has 0 bridgehead atoms. The van der Waals surface area contributed by atoms with Gasteiger partial charge < -0.3 is 15.0 Å². The third-order valence-corrected chi connectivity index (χ3v) is 5.82. The maximum absolute atomic E-state index is 12.6. The molecular formula is C25H23BrN2O2. The van der Waals surface area contributed by atoms with Gasteiger partial charge >= 0.3 is 0 Å². The number of carbonyl (C=O) groups excluding carboxylic acids is 1. The van der Waals surface area contributed by atoms with Gasteiger partial charge in [0.1, 0.15) is 5.75 Å². The number of benzene rings is 3. The molecule has 0 aliphatic heterocycles. The molecule has 3 aromatic carbocycles. The second kappa shape index (κ2) is 9.18. The molecule has 0 fully saturated rings. The Morgan fingerprint density at radius 1 is 1.03 bits per heavy atom. The summed E-state index contributed by atoms with van der Waals surface area (Å²) in [5.74, 6) is 0.854. The van der Waals surface area contributed by atoms with Crippen LogP contribution in [0.3, 0.4) is 0 Å². The van der Waals surface area contributed by atoms with Crippen molar-refractivity contribution in [2.75, 3.05) is 13.7 Å². The summed E-state index contributed by atoms with van der Waals surface area (Å²) < 4.78 is 6.31. The van der Waals surface area contributed by atoms with Crippen molar-refractivity contribution in [3.8, 4) is 5.75 Å². The Labute approximate surface area is 184 Å². The molecule has 0 radical (unpaired) electrons. The zero-order chi connectivity index (χ0) is 20.9. The number of halogens is 1. The largest absolute Gasteiger partial charge is 0.497 e. The molecule has 4 nitrogen and oxygen atoms in total. The monoisotopic (exact) mass is 462 g/mol. The lowest BCUT2D eigenvalue weighted by Gasteiger charge is -2.19. The fraction of sp³-hybridized carbons (Fsp3) is 0.160. The fourth-order valence-corrected chi connectivity index (χ4v) is 3.96. The summed E-state index contributed by atoms with van der Waals surface area (Å²) in [4.78, 5) is 16.0. The standard InChI is InChI=1S/C25H23BrN2O2/c1-30-20-12-8-18(9-13-20)22(23-16-27-24-5-3-2-4-21(23)24)15-28-25(29)14-17-6-10-19(26)11-7-17/h2-13,16,22,27H,14-15H2,1H3,(H,28,29). The summed E-state index contributed by atoms with van der Waals surface area (Å²) in [7, 11) is 1.66. The number of hydrogen-bond acceptors (Lipinski definition) is 2. The van der Waals surface area contributed by atoms with Gasteiger partial charge in [0, 0.05) is 34.0 Å². The molecule has 4 rings (SSSR count). The molecular weight excluding hydrogens is 440 g/mol. The average molecular weight is 463 g/mol. The minimum atomic E-state index is 0.00988. The summed E-state index contributed by atoms with van der Waals surface area (Å²) in [5.41, 5.74) is 4.38. The van der Waals surface area contributed by atoms with E-state index >= 15 is 0 Å². The van der Waals surface area contributed by atoms with Gasteiger partial charge in [0.25, 0.3) is 0 Å². The van der Waals surface area contributed by atoms with Gasteiger partial charge in [-0.05, 0) is 47.0 Å². The second-order valence-corrected chi connectivity index (χ2v) is 8.14. The summed E-state index contributed by atoms with van der Waals surface area (Å²) in [5, 5.41) is 4.30. The first-order chi connectivity index (χ1) is 14.6. The number of nitrogens with one attached hydrogen (secondary N) is 2. The minimum absolute atomic E-state index is 0.00988. The smallest absolute Gasteiger partial charge is 0.224 e. The topological polar surface area (TPSA) is 54.1 Å². The zero-order valence-corrected chi connectivity index (χ0v) is 18.3. The highest BCUT2D eigenvalue weighted by Crippen LogP contribution is 2.31. The maximum Gasteiger partial charge on any atom is 0.224 e. The van der Waals surface area contributed by atoms with Crippen molar-refractivity contribution in [3.05, 3.63) is 100 Å². The number of rotatable bonds is 7. The molecule has 0 aliphatic carbocycles. The van der Waals surface area contributed by atoms with Crippen molar-refractivity contribution in [3.63, 3.8) is 0 Å². The first-order valence-corrected chi connectivity index (χ1v) is 10.6. The van der Waals surface area contributed by atoms with Crippen LogP contribution in [0.1, 0.15) is 22.6 Å². The number of amides is 1. The molecule has 5 heteroatoms. The van der Waals surface area contributed by atoms with Crippen molar-refractivity contribution in [2.45, 2.75) is 12.3 Å². The van der Waals surface area contributed by atoms with Gasteiger partial charge in [-0.25, -0.2) is 0 Å². The highest BCUT2D eigenvalue weighted by atomic mass is 79.9. The van der Waals surface area contributed by atoms with Crippen LogP contribution >= 0.6 is 15.9 Å². The quantitative estimate of drug-likeness (QED) is 0.384. The summed E-state index contributed by atoms with van der Waals surface area (Å²) in [6.07, 6.45) is 2.40. The van der Waals surface area contributed by atoms with Crippen LogP contribution in [0.4, 0.5) is 0 Å². The van der Waals surface area contributed by atoms with Crippen LogP contribution in [-0.4, -0.2) is 24.5 Å². The van der Waals surface area contributed by atoms with E-state index in [0.29, 0.717) is 13.0 Å². The molecule has 4 aromatic rings. The number of H-pyrrole nitrogens is 1. The molecule has 0 spiro atoms. The first-order valence-electron chi connectivity index (χ1n) is 9.85. The molecule has 1 heterocycles. The van der Waals surface area contributed by atoms with E-state index in [-0.39, 0.29) is 11.8 Å². The van der Waals surface area contributed by atoms with Crippen LogP contribution in [0.25, 0.3) is 10.9 Å². The molecule has 0 saturated heterocycles. The Kier molecular flexibility index (Phi) is 6.19. The van der Waals surface area contributed by atoms with Crippen molar-refractivity contribution >= 4 is 32.7 Å². The van der Waals surface area contributed by atoms with Gasteiger partial charge in [-0.1, -0.05) is 58.4 Å². The predicted octanol–water partition coefficient (Wildman–Crippen LogP) is 5.43. The summed E-state index contributed by atoms with van der Waals surface area (Å²) in [6, 6.07) is 24.1. The number of aromatic nitrogens is 1. The zero-order valence-electron chi connectivity index (χ0n) is 16.7. The van der Waals surface area contributed by atoms with Crippen molar-refractivity contribution in [1.29, 1.82) is 0 Å². The highest BCUT2D eigenvalue weighted by molar-refractivity contribution is 9.10. The normalized spacial score (nSPS) is 11.9. The Morgan fingerprint density at radius 2 is 1.77 bits per heavy atom. The molecule has 1 unspecified atom stereocenters. The molecule has 0 aliphatic rings. The van der Waals surface area contributed by atoms with Gasteiger partial charge in [-0.2, -0.15) is 0 Å². The van der Waals surface area contributed by atoms with E-state index < -0.39 is 0 Å². The lowest BCUT2D eigenvalue weighted by molar-refractivity contribution is -0.120. The molecule has 30 heavy (non-hydrogen) atoms. The third-order valence-electron chi connectivity index (χ3n) is 5.30. The second-order valence-electron chi connectivity index (χ2n) is 7.22. The van der Waals surface area contributed by atoms with Crippen LogP contribution < -0.4 is 10.1 Å². The van der Waals surface area contributed by atoms with Gasteiger partial charge in [-0.3, -0.25) is 4.79 Å². The number of aromatic amines is 1. The van der Waals surface area contributed by atoms with E-state index in [1.807, 2.05) is 54.7 Å². The number of hydrogen-bond donors (Lipinski definition) is 2. The molecule has 1 aromatic heterocycles. The molecule has 2 N–H and O–H groups in total. The number of para-hydroxylation sites is 1. The molecule has 1 atom stereocenters. The molecule has 1 amide bonds. The SMILES string of the molecule is COc1ccc(C(CNC(=O)Cc2ccc(Br)cc2)c2c[nH]c3ccccc23)cc1. The van der Waals surface area contributed by atoms with E-state index in [4.69, 9.17) is 4.74 Å². The number of ether oxygens (including phenoxy) is 1. The summed E-state index contributed by atoms with van der Waals surface area (Å²) in [6.45, 7) is 0.517. The fourth-order valence-electron chi connectivity index (χ4n) is 3.69. The van der Waals surface area contributed by atoms with Crippen LogP contribution in [0, 0.1) is 0 Å². The van der Waals surface area contributed by atoms with Crippen molar-refractivity contribution in [2.24, 2.45) is 0 Å². The van der Waals surface area contributed by atoms with Crippen LogP contribution in [0.5, 0.6) is 5.75 Å². The number of fused-ring (bicyclic) bond motifs is 1. The maximum atomic E-state index is 12.6. The van der Waals surface area contributed by atoms with E-state index in [1.165, 1.54) is 10.9 Å². The lowest BCUT2D eigenvalue weighted by Crippen LogP contribution is -2.30. The Balaban J connectivity index is 1.57. The van der Waals surface area contributed by atoms with Gasteiger partial charge in [0.2, 0.25) is 5.91 Å². The Morgan fingerprint density at radius 3 is 2.50 bits per heavy atom. The summed E-state index contributed by atoms with van der Waals surface area (Å²) >= 11 is 3.43. The van der Waals surface area contributed by atoms with E-state index in [1.54, 1.807) is 7.11 Å². The van der Waals surface area contributed by atoms with Gasteiger partial charge in [0.05, 0.1) is 13.5 Å². The van der Waals surface area contributed by atoms with Crippen LogP contribution in [0.15, 0.2) is 83.5 Å². The molecule has 152 valence electrons.